The molecule has 2 N–H and O–H groups in total. The van der Waals surface area contributed by atoms with E-state index < -0.39 is 0 Å². The average Bonchev–Trinajstić information content (AvgIpc) is 3.27. The predicted molar refractivity (Wildman–Crippen MR) is 89.2 cm³/mol. The molecule has 1 fully saturated rings. The number of rotatable bonds is 2. The summed E-state index contributed by atoms with van der Waals surface area (Å²) < 4.78 is 0. The van der Waals surface area contributed by atoms with Gasteiger partial charge < -0.3 is 0 Å². The summed E-state index contributed by atoms with van der Waals surface area (Å²) in [6.07, 6.45) is 6.99. The van der Waals surface area contributed by atoms with Gasteiger partial charge in [-0.3, -0.25) is 15.1 Å². The normalized spacial score (nSPS) is 24.5. The van der Waals surface area contributed by atoms with Crippen LogP contribution in [0.2, 0.25) is 0 Å². The van der Waals surface area contributed by atoms with Crippen molar-refractivity contribution in [2.45, 2.75) is 37.6 Å². The summed E-state index contributed by atoms with van der Waals surface area (Å²) in [5.41, 5.74) is 5.42. The first-order valence-corrected chi connectivity index (χ1v) is 8.51. The molecule has 23 heavy (non-hydrogen) atoms. The molecule has 5 nitrogen and oxygen atoms in total. The van der Waals surface area contributed by atoms with Crippen molar-refractivity contribution >= 4 is 10.9 Å². The lowest BCUT2D eigenvalue weighted by molar-refractivity contribution is 0.135. The fourth-order valence-corrected chi connectivity index (χ4v) is 4.59. The number of hydrogen-bond donors (Lipinski definition) is 2. The Balaban J connectivity index is 1.42. The van der Waals surface area contributed by atoms with Gasteiger partial charge in [0.25, 0.3) is 0 Å². The van der Waals surface area contributed by atoms with E-state index in [4.69, 9.17) is 0 Å². The molecule has 1 aromatic carbocycles. The van der Waals surface area contributed by atoms with Crippen LogP contribution in [0.5, 0.6) is 0 Å². The minimum absolute atomic E-state index is 0.292. The Morgan fingerprint density at radius 1 is 1.17 bits per heavy atom. The number of aromatic amines is 2. The minimum atomic E-state index is 0.292. The van der Waals surface area contributed by atoms with Crippen LogP contribution in [0, 0.1) is 0 Å². The van der Waals surface area contributed by atoms with E-state index in [-0.39, 0.29) is 0 Å². The van der Waals surface area contributed by atoms with E-state index >= 15 is 0 Å². The van der Waals surface area contributed by atoms with Gasteiger partial charge in [-0.15, -0.1) is 0 Å². The van der Waals surface area contributed by atoms with Crippen LogP contribution in [0.4, 0.5) is 0 Å². The molecule has 5 rings (SSSR count). The monoisotopic (exact) mass is 307 g/mol. The maximum atomic E-state index is 4.43. The summed E-state index contributed by atoms with van der Waals surface area (Å²) in [6, 6.07) is 8.37. The first-order chi connectivity index (χ1) is 11.3. The number of aryl methyl sites for hydroxylation is 1. The van der Waals surface area contributed by atoms with E-state index in [1.807, 2.05) is 12.3 Å². The Labute approximate surface area is 135 Å². The van der Waals surface area contributed by atoms with Crippen LogP contribution in [0.1, 0.15) is 36.2 Å². The second kappa shape index (κ2) is 4.93. The van der Waals surface area contributed by atoms with Crippen LogP contribution < -0.4 is 0 Å². The number of likely N-dealkylation sites (tertiary alicyclic amines) is 1. The maximum absolute atomic E-state index is 4.43. The fraction of sp³-hybridized carbons (Fsp3) is 0.444. The molecule has 0 radical (unpaired) electrons. The first-order valence-electron chi connectivity index (χ1n) is 8.51. The zero-order valence-corrected chi connectivity index (χ0v) is 13.2. The lowest BCUT2D eigenvalue weighted by atomic mass is 9.77. The molecule has 1 aliphatic carbocycles. The largest absolute Gasteiger partial charge is 0.297 e. The van der Waals surface area contributed by atoms with E-state index in [0.717, 1.165) is 18.6 Å². The Bertz CT molecular complexity index is 848. The topological polar surface area (TPSA) is 60.6 Å². The number of nitrogens with one attached hydrogen (secondary N) is 2. The van der Waals surface area contributed by atoms with Crippen LogP contribution in [-0.4, -0.2) is 38.4 Å². The molecule has 1 unspecified atom stereocenters. The van der Waals surface area contributed by atoms with Gasteiger partial charge in [-0.25, -0.2) is 0 Å². The summed E-state index contributed by atoms with van der Waals surface area (Å²) >= 11 is 0. The summed E-state index contributed by atoms with van der Waals surface area (Å²) in [7, 11) is 0. The number of nitrogens with zero attached hydrogens (tertiary/aromatic N) is 3. The van der Waals surface area contributed by atoms with Crippen molar-refractivity contribution < 1.29 is 0 Å². The van der Waals surface area contributed by atoms with Crippen LogP contribution >= 0.6 is 0 Å². The number of fused-ring (bicyclic) bond motifs is 3. The number of aromatic nitrogens is 4. The maximum Gasteiger partial charge on any atom is 0.0924 e. The van der Waals surface area contributed by atoms with Crippen LogP contribution in [0.15, 0.2) is 30.5 Å². The van der Waals surface area contributed by atoms with Gasteiger partial charge in [0.2, 0.25) is 0 Å². The highest BCUT2D eigenvalue weighted by Crippen LogP contribution is 2.44. The molecule has 3 aromatic rings. The van der Waals surface area contributed by atoms with Crippen molar-refractivity contribution in [2.75, 3.05) is 13.1 Å². The lowest BCUT2D eigenvalue weighted by Crippen LogP contribution is -2.44. The second-order valence-corrected chi connectivity index (χ2v) is 7.08. The molecule has 2 aliphatic rings. The average molecular weight is 307 g/mol. The van der Waals surface area contributed by atoms with Crippen LogP contribution in [0.3, 0.4) is 0 Å². The number of piperidine rings is 1. The van der Waals surface area contributed by atoms with Crippen molar-refractivity contribution in [1.82, 2.24) is 25.3 Å². The molecule has 1 saturated heterocycles. The van der Waals surface area contributed by atoms with Crippen molar-refractivity contribution in [1.29, 1.82) is 0 Å². The number of H-pyrrole nitrogens is 2. The van der Waals surface area contributed by atoms with Crippen LogP contribution in [-0.2, 0) is 18.4 Å². The Hall–Kier alpha value is -2.14. The Morgan fingerprint density at radius 3 is 3.13 bits per heavy atom. The molecule has 1 aliphatic heterocycles. The van der Waals surface area contributed by atoms with E-state index in [1.54, 1.807) is 0 Å². The second-order valence-electron chi connectivity index (χ2n) is 7.08. The van der Waals surface area contributed by atoms with Gasteiger partial charge in [-0.1, -0.05) is 18.2 Å². The number of hydrogen-bond acceptors (Lipinski definition) is 3. The molecule has 0 bridgehead atoms. The molecule has 118 valence electrons. The van der Waals surface area contributed by atoms with Gasteiger partial charge in [-0.2, -0.15) is 10.2 Å². The molecular weight excluding hydrogens is 286 g/mol. The van der Waals surface area contributed by atoms with E-state index in [9.17, 15) is 0 Å². The fourth-order valence-electron chi connectivity index (χ4n) is 4.59. The third kappa shape index (κ3) is 2.03. The summed E-state index contributed by atoms with van der Waals surface area (Å²) in [6.45, 7) is 3.24. The summed E-state index contributed by atoms with van der Waals surface area (Å²) in [4.78, 5) is 2.58. The van der Waals surface area contributed by atoms with Gasteiger partial charge in [0.15, 0.2) is 0 Å². The SMILES string of the molecule is c1ccc2c(CN3CCCC4(CCc5cn[nH]c54)C3)[nH]nc2c1. The van der Waals surface area contributed by atoms with Crippen molar-refractivity contribution in [2.24, 2.45) is 0 Å². The van der Waals surface area contributed by atoms with Crippen molar-refractivity contribution in [3.8, 4) is 0 Å². The van der Waals surface area contributed by atoms with E-state index in [1.165, 1.54) is 54.6 Å². The van der Waals surface area contributed by atoms with Gasteiger partial charge in [0, 0.05) is 29.6 Å². The first kappa shape index (κ1) is 13.3. The number of para-hydroxylation sites is 1. The van der Waals surface area contributed by atoms with E-state index in [2.05, 4.69) is 43.5 Å². The van der Waals surface area contributed by atoms with Gasteiger partial charge in [0.05, 0.1) is 17.4 Å². The van der Waals surface area contributed by atoms with Crippen LogP contribution in [0.25, 0.3) is 10.9 Å². The molecule has 0 saturated carbocycles. The smallest absolute Gasteiger partial charge is 0.0924 e. The molecule has 1 atom stereocenters. The molecule has 0 amide bonds. The third-order valence-corrected chi connectivity index (χ3v) is 5.70. The standard InChI is InChI=1S/C18H21N5/c1-2-5-15-14(4-1)16(21-20-15)11-23-9-3-7-18(12-23)8-6-13-10-19-22-17(13)18/h1-2,4-5,10H,3,6-9,11-12H2,(H,19,22)(H,20,21). The third-order valence-electron chi connectivity index (χ3n) is 5.70. The molecule has 3 heterocycles. The quantitative estimate of drug-likeness (QED) is 0.765. The zero-order valence-electron chi connectivity index (χ0n) is 13.2. The van der Waals surface area contributed by atoms with Gasteiger partial charge >= 0.3 is 0 Å². The molecular formula is C18H21N5. The molecule has 2 aromatic heterocycles. The number of benzene rings is 1. The molecule has 1 spiro atoms. The van der Waals surface area contributed by atoms with Gasteiger partial charge in [0.1, 0.15) is 0 Å². The van der Waals surface area contributed by atoms with Crippen molar-refractivity contribution in [3.63, 3.8) is 0 Å². The highest BCUT2D eigenvalue weighted by molar-refractivity contribution is 5.81. The van der Waals surface area contributed by atoms with E-state index in [0.29, 0.717) is 5.41 Å². The van der Waals surface area contributed by atoms with Gasteiger partial charge in [-0.05, 0) is 43.9 Å². The summed E-state index contributed by atoms with van der Waals surface area (Å²) in [5.74, 6) is 0. The highest BCUT2D eigenvalue weighted by Gasteiger charge is 2.43. The predicted octanol–water partition coefficient (Wildman–Crippen LogP) is 2.77. The molecule has 5 heteroatoms. The lowest BCUT2D eigenvalue weighted by Gasteiger charge is -2.40. The Kier molecular flexibility index (Phi) is 2.85. The zero-order chi connectivity index (χ0) is 15.3. The highest BCUT2D eigenvalue weighted by atomic mass is 15.2. The summed E-state index contributed by atoms with van der Waals surface area (Å²) in [5, 5.41) is 16.5. The van der Waals surface area contributed by atoms with Crippen molar-refractivity contribution in [3.05, 3.63) is 47.4 Å². The minimum Gasteiger partial charge on any atom is -0.297 e. The Morgan fingerprint density at radius 2 is 2.13 bits per heavy atom.